The molecule has 3 heterocycles. The number of H-pyrrole nitrogens is 1. The first kappa shape index (κ1) is 13.7. The van der Waals surface area contributed by atoms with E-state index >= 15 is 0 Å². The molecule has 1 aliphatic rings. The molecule has 4 nitrogen and oxygen atoms in total. The van der Waals surface area contributed by atoms with Crippen LogP contribution in [0.5, 0.6) is 5.75 Å². The van der Waals surface area contributed by atoms with Gasteiger partial charge in [-0.2, -0.15) is 0 Å². The zero-order chi connectivity index (χ0) is 15.3. The first-order valence-corrected chi connectivity index (χ1v) is 8.40. The Bertz CT molecular complexity index is 959. The minimum absolute atomic E-state index is 0.182. The average Bonchev–Trinajstić information content (AvgIpc) is 2.93. The van der Waals surface area contributed by atoms with Gasteiger partial charge in [-0.1, -0.05) is 12.1 Å². The summed E-state index contributed by atoms with van der Waals surface area (Å²) >= 11 is 4.95. The molecule has 0 saturated carbocycles. The molecule has 1 aliphatic heterocycles. The summed E-state index contributed by atoms with van der Waals surface area (Å²) in [5.41, 5.74) is 1.01. The van der Waals surface area contributed by atoms with E-state index in [4.69, 9.17) is 4.74 Å². The van der Waals surface area contributed by atoms with Crippen molar-refractivity contribution in [2.75, 3.05) is 0 Å². The van der Waals surface area contributed by atoms with Gasteiger partial charge in [-0.05, 0) is 34.1 Å². The van der Waals surface area contributed by atoms with Crippen LogP contribution >= 0.6 is 27.3 Å². The number of benzene rings is 1. The topological polar surface area (TPSA) is 59.2 Å². The van der Waals surface area contributed by atoms with Crippen molar-refractivity contribution in [1.82, 2.24) is 4.98 Å². The van der Waals surface area contributed by atoms with Crippen LogP contribution < -0.4 is 10.3 Å². The van der Waals surface area contributed by atoms with Crippen LogP contribution in [-0.4, -0.2) is 11.0 Å². The fraction of sp³-hybridized carbons (Fsp3) is 0.125. The molecule has 2 aromatic heterocycles. The highest BCUT2D eigenvalue weighted by Gasteiger charge is 2.33. The van der Waals surface area contributed by atoms with Gasteiger partial charge < -0.3 is 9.72 Å². The second-order valence-electron chi connectivity index (χ2n) is 5.14. The highest BCUT2D eigenvalue weighted by Crippen LogP contribution is 2.42. The molecule has 1 atom stereocenters. The van der Waals surface area contributed by atoms with Gasteiger partial charge in [-0.25, -0.2) is 0 Å². The lowest BCUT2D eigenvalue weighted by molar-refractivity contribution is -0.135. The summed E-state index contributed by atoms with van der Waals surface area (Å²) in [6.07, 6.45) is 0.182. The Hall–Kier alpha value is -1.92. The number of rotatable bonds is 1. The summed E-state index contributed by atoms with van der Waals surface area (Å²) in [7, 11) is 0. The molecule has 0 amide bonds. The normalized spacial score (nSPS) is 17.3. The van der Waals surface area contributed by atoms with Crippen molar-refractivity contribution >= 4 is 44.1 Å². The minimum atomic E-state index is -0.308. The number of aromatic nitrogens is 1. The first-order chi connectivity index (χ1) is 10.6. The Morgan fingerprint density at radius 3 is 2.86 bits per heavy atom. The number of pyridine rings is 1. The van der Waals surface area contributed by atoms with Gasteiger partial charge in [0.05, 0.1) is 17.5 Å². The number of carbonyl (C=O) groups excluding carboxylic acids is 1. The van der Waals surface area contributed by atoms with Crippen LogP contribution in [0.4, 0.5) is 0 Å². The first-order valence-electron chi connectivity index (χ1n) is 6.73. The van der Waals surface area contributed by atoms with E-state index < -0.39 is 0 Å². The summed E-state index contributed by atoms with van der Waals surface area (Å²) in [5, 5.41) is 2.70. The van der Waals surface area contributed by atoms with Crippen molar-refractivity contribution in [3.63, 3.8) is 0 Å². The van der Waals surface area contributed by atoms with E-state index in [9.17, 15) is 9.59 Å². The highest BCUT2D eigenvalue weighted by molar-refractivity contribution is 9.10. The van der Waals surface area contributed by atoms with Crippen LogP contribution in [0.1, 0.15) is 22.8 Å². The monoisotopic (exact) mass is 375 g/mol. The fourth-order valence-electron chi connectivity index (χ4n) is 2.83. The molecule has 6 heteroatoms. The lowest BCUT2D eigenvalue weighted by Crippen LogP contribution is -2.27. The molecule has 0 bridgehead atoms. The van der Waals surface area contributed by atoms with Crippen molar-refractivity contribution in [3.8, 4) is 5.75 Å². The molecule has 22 heavy (non-hydrogen) atoms. The van der Waals surface area contributed by atoms with Crippen molar-refractivity contribution in [3.05, 3.63) is 61.0 Å². The van der Waals surface area contributed by atoms with Gasteiger partial charge in [0.1, 0.15) is 5.75 Å². The van der Waals surface area contributed by atoms with E-state index in [-0.39, 0.29) is 23.9 Å². The molecule has 0 fully saturated rings. The zero-order valence-electron chi connectivity index (χ0n) is 11.3. The number of thiophene rings is 1. The highest BCUT2D eigenvalue weighted by atomic mass is 79.9. The molecule has 1 N–H and O–H groups in total. The molecule has 4 rings (SSSR count). The van der Waals surface area contributed by atoms with Crippen LogP contribution in [0.25, 0.3) is 10.9 Å². The maximum Gasteiger partial charge on any atom is 0.312 e. The predicted octanol–water partition coefficient (Wildman–Crippen LogP) is 3.79. The molecule has 1 aromatic carbocycles. The fourth-order valence-corrected chi connectivity index (χ4v) is 4.39. The second kappa shape index (κ2) is 5.07. The van der Waals surface area contributed by atoms with Crippen molar-refractivity contribution in [1.29, 1.82) is 0 Å². The van der Waals surface area contributed by atoms with E-state index in [2.05, 4.69) is 20.9 Å². The molecule has 3 aromatic rings. The lowest BCUT2D eigenvalue weighted by atomic mass is 9.91. The van der Waals surface area contributed by atoms with E-state index in [0.29, 0.717) is 16.8 Å². The molecular formula is C16H10BrNO3S. The largest absolute Gasteiger partial charge is 0.425 e. The van der Waals surface area contributed by atoms with E-state index in [1.807, 2.05) is 29.6 Å². The smallest absolute Gasteiger partial charge is 0.312 e. The average molecular weight is 376 g/mol. The van der Waals surface area contributed by atoms with Crippen LogP contribution in [0.15, 0.2) is 45.0 Å². The van der Waals surface area contributed by atoms with Crippen molar-refractivity contribution < 1.29 is 9.53 Å². The number of nitrogens with one attached hydrogen (secondary N) is 1. The quantitative estimate of drug-likeness (QED) is 0.658. The number of para-hydroxylation sites is 1. The molecule has 0 unspecified atom stereocenters. The van der Waals surface area contributed by atoms with Crippen LogP contribution in [0.3, 0.4) is 0 Å². The molecule has 0 saturated heterocycles. The Balaban J connectivity index is 2.03. The second-order valence-corrected chi connectivity index (χ2v) is 7.00. The molecule has 0 radical (unpaired) electrons. The SMILES string of the molecule is O=C1C[C@@H](c2cc(Br)cs2)c2c(c3ccccc3[nH]c2=O)O1. The number of hydrogen-bond acceptors (Lipinski definition) is 4. The van der Waals surface area contributed by atoms with Crippen molar-refractivity contribution in [2.24, 2.45) is 0 Å². The van der Waals surface area contributed by atoms with E-state index in [0.717, 1.165) is 14.7 Å². The van der Waals surface area contributed by atoms with E-state index in [1.165, 1.54) is 11.3 Å². The van der Waals surface area contributed by atoms with Crippen LogP contribution in [0, 0.1) is 0 Å². The lowest BCUT2D eigenvalue weighted by Gasteiger charge is -2.23. The van der Waals surface area contributed by atoms with E-state index in [1.54, 1.807) is 6.07 Å². The summed E-state index contributed by atoms with van der Waals surface area (Å²) < 4.78 is 6.37. The van der Waals surface area contributed by atoms with Gasteiger partial charge >= 0.3 is 5.97 Å². The zero-order valence-corrected chi connectivity index (χ0v) is 13.7. The number of esters is 1. The summed E-state index contributed by atoms with van der Waals surface area (Å²) in [4.78, 5) is 28.4. The maximum absolute atomic E-state index is 12.5. The Morgan fingerprint density at radius 2 is 2.09 bits per heavy atom. The third kappa shape index (κ3) is 2.10. The number of fused-ring (bicyclic) bond motifs is 3. The molecular weight excluding hydrogens is 366 g/mol. The van der Waals surface area contributed by atoms with Gasteiger partial charge in [0, 0.05) is 26.0 Å². The summed E-state index contributed by atoms with van der Waals surface area (Å²) in [5.74, 6) is -0.177. The number of halogens is 1. The molecule has 0 spiro atoms. The molecule has 110 valence electrons. The van der Waals surface area contributed by atoms with Gasteiger partial charge in [0.2, 0.25) is 0 Å². The maximum atomic E-state index is 12.5. The summed E-state index contributed by atoms with van der Waals surface area (Å²) in [6.45, 7) is 0. The van der Waals surface area contributed by atoms with Crippen LogP contribution in [0.2, 0.25) is 0 Å². The van der Waals surface area contributed by atoms with Crippen molar-refractivity contribution in [2.45, 2.75) is 12.3 Å². The summed E-state index contributed by atoms with van der Waals surface area (Å²) in [6, 6.07) is 9.30. The van der Waals surface area contributed by atoms with Gasteiger partial charge in [0.25, 0.3) is 5.56 Å². The number of hydrogen-bond donors (Lipinski definition) is 1. The minimum Gasteiger partial charge on any atom is -0.425 e. The third-order valence-electron chi connectivity index (χ3n) is 3.78. The molecule has 0 aliphatic carbocycles. The predicted molar refractivity (Wildman–Crippen MR) is 88.7 cm³/mol. The van der Waals surface area contributed by atoms with Gasteiger partial charge in [0.15, 0.2) is 0 Å². The number of aromatic amines is 1. The standard InChI is InChI=1S/C16H10BrNO3S/c17-8-5-12(22-7-8)10-6-13(19)21-15-9-3-1-2-4-11(9)18-16(20)14(10)15/h1-5,7,10H,6H2,(H,18,20)/t10-/m0/s1. The Labute approximate surface area is 137 Å². The number of carbonyl (C=O) groups is 1. The Kier molecular flexibility index (Phi) is 3.16. The number of ether oxygens (including phenoxy) is 1. The van der Waals surface area contributed by atoms with Crippen LogP contribution in [-0.2, 0) is 4.79 Å². The van der Waals surface area contributed by atoms with Gasteiger partial charge in [-0.3, -0.25) is 9.59 Å². The Morgan fingerprint density at radius 1 is 1.27 bits per heavy atom. The third-order valence-corrected chi connectivity index (χ3v) is 5.58. The van der Waals surface area contributed by atoms with Gasteiger partial charge in [-0.15, -0.1) is 11.3 Å².